The lowest BCUT2D eigenvalue weighted by molar-refractivity contribution is -0.386. The lowest BCUT2D eigenvalue weighted by Crippen LogP contribution is -1.97. The van der Waals surface area contributed by atoms with Crippen LogP contribution in [0.4, 0.5) is 5.69 Å². The Kier molecular flexibility index (Phi) is 2.84. The molecule has 1 rings (SSSR count). The summed E-state index contributed by atoms with van der Waals surface area (Å²) >= 11 is 0. The zero-order valence-corrected chi connectivity index (χ0v) is 7.61. The summed E-state index contributed by atoms with van der Waals surface area (Å²) in [5, 5.41) is 10.7. The number of aryl methyl sites for hydroxylation is 1. The van der Waals surface area contributed by atoms with Crippen LogP contribution in [0, 0.1) is 10.1 Å². The number of nitrogens with zero attached hydrogens (tertiary/aromatic N) is 1. The molecular weight excluding hydrogens is 170 g/mol. The van der Waals surface area contributed by atoms with Crippen LogP contribution in [0.5, 0.6) is 5.75 Å². The molecule has 70 valence electrons. The second kappa shape index (κ2) is 3.89. The van der Waals surface area contributed by atoms with Gasteiger partial charge in [0.25, 0.3) is 0 Å². The van der Waals surface area contributed by atoms with E-state index in [1.54, 1.807) is 18.2 Å². The molecule has 4 nitrogen and oxygen atoms in total. The average molecular weight is 181 g/mol. The summed E-state index contributed by atoms with van der Waals surface area (Å²) in [6, 6.07) is 5.09. The highest BCUT2D eigenvalue weighted by Crippen LogP contribution is 2.30. The van der Waals surface area contributed by atoms with Crippen molar-refractivity contribution in [2.24, 2.45) is 0 Å². The monoisotopic (exact) mass is 181 g/mol. The molecule has 13 heavy (non-hydrogen) atoms. The third kappa shape index (κ3) is 1.77. The van der Waals surface area contributed by atoms with Gasteiger partial charge in [0.1, 0.15) is 0 Å². The molecule has 0 aromatic heterocycles. The van der Waals surface area contributed by atoms with Gasteiger partial charge in [0.05, 0.1) is 12.0 Å². The van der Waals surface area contributed by atoms with Crippen molar-refractivity contribution >= 4 is 5.69 Å². The molecule has 0 heterocycles. The maximum atomic E-state index is 10.7. The lowest BCUT2D eigenvalue weighted by Gasteiger charge is -2.04. The Morgan fingerprint density at radius 2 is 2.23 bits per heavy atom. The molecule has 0 aliphatic rings. The van der Waals surface area contributed by atoms with Gasteiger partial charge in [-0.05, 0) is 12.5 Å². The summed E-state index contributed by atoms with van der Waals surface area (Å²) in [7, 11) is 1.43. The quantitative estimate of drug-likeness (QED) is 0.530. The van der Waals surface area contributed by atoms with E-state index in [0.717, 1.165) is 0 Å². The van der Waals surface area contributed by atoms with Crippen LogP contribution in [0.1, 0.15) is 12.5 Å². The van der Waals surface area contributed by atoms with Gasteiger partial charge in [-0.1, -0.05) is 19.1 Å². The van der Waals surface area contributed by atoms with E-state index in [0.29, 0.717) is 17.7 Å². The van der Waals surface area contributed by atoms with E-state index in [2.05, 4.69) is 0 Å². The molecule has 0 unspecified atom stereocenters. The number of nitro groups is 1. The van der Waals surface area contributed by atoms with Gasteiger partial charge in [-0.25, -0.2) is 0 Å². The number of hydrogen-bond acceptors (Lipinski definition) is 3. The number of hydrogen-bond donors (Lipinski definition) is 0. The van der Waals surface area contributed by atoms with E-state index in [4.69, 9.17) is 4.74 Å². The van der Waals surface area contributed by atoms with Crippen molar-refractivity contribution < 1.29 is 9.66 Å². The third-order valence-corrected chi connectivity index (χ3v) is 1.87. The van der Waals surface area contributed by atoms with Gasteiger partial charge >= 0.3 is 5.69 Å². The minimum Gasteiger partial charge on any atom is -0.490 e. The SMILES string of the molecule is CCc1cccc(OC)c1[N+](=O)[O-]. The number of para-hydroxylation sites is 1. The summed E-state index contributed by atoms with van der Waals surface area (Å²) in [4.78, 5) is 10.3. The molecule has 0 radical (unpaired) electrons. The Hall–Kier alpha value is -1.58. The smallest absolute Gasteiger partial charge is 0.314 e. The maximum absolute atomic E-state index is 10.7. The second-order valence-electron chi connectivity index (χ2n) is 2.58. The lowest BCUT2D eigenvalue weighted by atomic mass is 10.1. The van der Waals surface area contributed by atoms with Crippen LogP contribution < -0.4 is 4.74 Å². The molecule has 0 fully saturated rings. The number of methoxy groups -OCH3 is 1. The predicted molar refractivity (Wildman–Crippen MR) is 49.0 cm³/mol. The van der Waals surface area contributed by atoms with Crippen molar-refractivity contribution in [3.63, 3.8) is 0 Å². The summed E-state index contributed by atoms with van der Waals surface area (Å²) in [6.45, 7) is 1.88. The van der Waals surface area contributed by atoms with Crippen LogP contribution in [0.3, 0.4) is 0 Å². The van der Waals surface area contributed by atoms with Crippen molar-refractivity contribution in [2.45, 2.75) is 13.3 Å². The van der Waals surface area contributed by atoms with Gasteiger partial charge in [0.2, 0.25) is 0 Å². The Balaban J connectivity index is 3.29. The second-order valence-corrected chi connectivity index (χ2v) is 2.58. The normalized spacial score (nSPS) is 9.69. The first-order chi connectivity index (χ1) is 6.20. The molecule has 4 heteroatoms. The molecule has 1 aromatic carbocycles. The van der Waals surface area contributed by atoms with Crippen LogP contribution in [0.2, 0.25) is 0 Å². The largest absolute Gasteiger partial charge is 0.490 e. The average Bonchev–Trinajstić information content (AvgIpc) is 2.16. The van der Waals surface area contributed by atoms with Crippen LogP contribution >= 0.6 is 0 Å². The van der Waals surface area contributed by atoms with Crippen molar-refractivity contribution in [1.82, 2.24) is 0 Å². The fraction of sp³-hybridized carbons (Fsp3) is 0.333. The molecule has 0 aliphatic heterocycles. The highest BCUT2D eigenvalue weighted by atomic mass is 16.6. The zero-order chi connectivity index (χ0) is 9.84. The van der Waals surface area contributed by atoms with Gasteiger partial charge in [0, 0.05) is 5.56 Å². The third-order valence-electron chi connectivity index (χ3n) is 1.87. The predicted octanol–water partition coefficient (Wildman–Crippen LogP) is 2.17. The molecule has 0 saturated carbocycles. The molecular formula is C9H11NO3. The number of benzene rings is 1. The van der Waals surface area contributed by atoms with Gasteiger partial charge in [-0.2, -0.15) is 0 Å². The number of ether oxygens (including phenoxy) is 1. The van der Waals surface area contributed by atoms with Crippen LogP contribution in [0.15, 0.2) is 18.2 Å². The minimum atomic E-state index is -0.405. The van der Waals surface area contributed by atoms with Crippen molar-refractivity contribution in [3.05, 3.63) is 33.9 Å². The number of nitro benzene ring substituents is 1. The summed E-state index contributed by atoms with van der Waals surface area (Å²) in [5.41, 5.74) is 0.775. The Morgan fingerprint density at radius 1 is 1.54 bits per heavy atom. The zero-order valence-electron chi connectivity index (χ0n) is 7.61. The Labute approximate surface area is 76.3 Å². The molecule has 0 amide bonds. The molecule has 1 aromatic rings. The van der Waals surface area contributed by atoms with Crippen LogP contribution in [-0.2, 0) is 6.42 Å². The maximum Gasteiger partial charge on any atom is 0.314 e. The first-order valence-corrected chi connectivity index (χ1v) is 4.01. The fourth-order valence-corrected chi connectivity index (χ4v) is 1.23. The van der Waals surface area contributed by atoms with Crippen molar-refractivity contribution in [3.8, 4) is 5.75 Å². The van der Waals surface area contributed by atoms with E-state index < -0.39 is 4.92 Å². The van der Waals surface area contributed by atoms with Crippen LogP contribution in [-0.4, -0.2) is 12.0 Å². The van der Waals surface area contributed by atoms with Gasteiger partial charge < -0.3 is 4.74 Å². The van der Waals surface area contributed by atoms with Gasteiger partial charge in [-0.15, -0.1) is 0 Å². The Morgan fingerprint density at radius 3 is 2.69 bits per heavy atom. The van der Waals surface area contributed by atoms with Gasteiger partial charge in [0.15, 0.2) is 5.75 Å². The standard InChI is InChI=1S/C9H11NO3/c1-3-7-5-4-6-8(13-2)9(7)10(11)12/h4-6H,3H2,1-2H3. The Bertz CT molecular complexity index is 300. The van der Waals surface area contributed by atoms with E-state index in [1.165, 1.54) is 7.11 Å². The highest BCUT2D eigenvalue weighted by molar-refractivity contribution is 5.52. The van der Waals surface area contributed by atoms with Crippen molar-refractivity contribution in [1.29, 1.82) is 0 Å². The summed E-state index contributed by atoms with van der Waals surface area (Å²) in [6.07, 6.45) is 0.632. The highest BCUT2D eigenvalue weighted by Gasteiger charge is 2.18. The fourth-order valence-electron chi connectivity index (χ4n) is 1.23. The summed E-state index contributed by atoms with van der Waals surface area (Å²) < 4.78 is 4.91. The van der Waals surface area contributed by atoms with Crippen molar-refractivity contribution in [2.75, 3.05) is 7.11 Å². The molecule has 0 N–H and O–H groups in total. The van der Waals surface area contributed by atoms with E-state index in [1.807, 2.05) is 6.92 Å². The molecule has 0 bridgehead atoms. The minimum absolute atomic E-state index is 0.0764. The van der Waals surface area contributed by atoms with E-state index in [9.17, 15) is 10.1 Å². The molecule has 0 saturated heterocycles. The van der Waals surface area contributed by atoms with E-state index in [-0.39, 0.29) is 5.69 Å². The van der Waals surface area contributed by atoms with Gasteiger partial charge in [-0.3, -0.25) is 10.1 Å². The first-order valence-electron chi connectivity index (χ1n) is 4.01. The van der Waals surface area contributed by atoms with Crippen LogP contribution in [0.25, 0.3) is 0 Å². The molecule has 0 aliphatic carbocycles. The number of rotatable bonds is 3. The topological polar surface area (TPSA) is 52.4 Å². The van der Waals surface area contributed by atoms with E-state index >= 15 is 0 Å². The molecule has 0 spiro atoms. The molecule has 0 atom stereocenters. The summed E-state index contributed by atoms with van der Waals surface area (Å²) in [5.74, 6) is 0.323. The first kappa shape index (κ1) is 9.51.